The minimum atomic E-state index is -0.388. The van der Waals surface area contributed by atoms with Crippen LogP contribution in [0.1, 0.15) is 18.9 Å². The zero-order chi connectivity index (χ0) is 10.2. The lowest BCUT2D eigenvalue weighted by Gasteiger charge is -2.40. The third kappa shape index (κ3) is 1.20. The van der Waals surface area contributed by atoms with E-state index in [1.165, 1.54) is 5.56 Å². The van der Waals surface area contributed by atoms with Gasteiger partial charge in [0.15, 0.2) is 0 Å². The van der Waals surface area contributed by atoms with Crippen molar-refractivity contribution in [3.63, 3.8) is 0 Å². The molecule has 1 atom stereocenters. The van der Waals surface area contributed by atoms with Gasteiger partial charge in [0.25, 0.3) is 0 Å². The summed E-state index contributed by atoms with van der Waals surface area (Å²) in [7, 11) is 1.93. The molecule has 0 N–H and O–H groups in total. The number of fused-ring (bicyclic) bond motifs is 1. The van der Waals surface area contributed by atoms with Gasteiger partial charge in [-0.1, -0.05) is 6.07 Å². The van der Waals surface area contributed by atoms with Crippen LogP contribution in [0.3, 0.4) is 0 Å². The van der Waals surface area contributed by atoms with Crippen molar-refractivity contribution in [1.82, 2.24) is 4.98 Å². The predicted octanol–water partition coefficient (Wildman–Crippen LogP) is 1.42. The van der Waals surface area contributed by atoms with E-state index in [4.69, 9.17) is 0 Å². The van der Waals surface area contributed by atoms with Crippen molar-refractivity contribution >= 4 is 12.1 Å². The van der Waals surface area contributed by atoms with Gasteiger partial charge in [0, 0.05) is 13.2 Å². The molecule has 0 saturated carbocycles. The summed E-state index contributed by atoms with van der Waals surface area (Å²) in [6, 6.07) is 4.01. The zero-order valence-corrected chi connectivity index (χ0v) is 8.53. The van der Waals surface area contributed by atoms with Gasteiger partial charge in [0.1, 0.15) is 12.1 Å². The Kier molecular flexibility index (Phi) is 2.02. The van der Waals surface area contributed by atoms with Gasteiger partial charge in [-0.3, -0.25) is 0 Å². The Hall–Kier alpha value is -1.38. The molecule has 3 heteroatoms. The number of nitrogens with zero attached hydrogens (tertiary/aromatic N) is 2. The third-order valence-corrected chi connectivity index (χ3v) is 3.11. The number of pyridine rings is 1. The number of anilines is 1. The number of rotatable bonds is 1. The second kappa shape index (κ2) is 3.08. The Morgan fingerprint density at radius 1 is 1.64 bits per heavy atom. The Bertz CT molecular complexity index is 364. The fourth-order valence-corrected chi connectivity index (χ4v) is 1.86. The topological polar surface area (TPSA) is 33.2 Å². The summed E-state index contributed by atoms with van der Waals surface area (Å²) in [5, 5.41) is 0. The van der Waals surface area contributed by atoms with E-state index < -0.39 is 0 Å². The molecule has 0 amide bonds. The molecular formula is C11H14N2O. The number of aromatic nitrogens is 1. The number of likely N-dealkylation sites (N-methyl/N-ethyl adjacent to an activating group) is 1. The van der Waals surface area contributed by atoms with Gasteiger partial charge in [-0.15, -0.1) is 0 Å². The van der Waals surface area contributed by atoms with Gasteiger partial charge in [-0.05, 0) is 31.4 Å². The number of carbonyl (C=O) groups is 1. The summed E-state index contributed by atoms with van der Waals surface area (Å²) >= 11 is 0. The van der Waals surface area contributed by atoms with E-state index in [9.17, 15) is 4.79 Å². The molecule has 2 rings (SSSR count). The van der Waals surface area contributed by atoms with Gasteiger partial charge >= 0.3 is 0 Å². The van der Waals surface area contributed by atoms with Crippen molar-refractivity contribution in [3.8, 4) is 0 Å². The van der Waals surface area contributed by atoms with Crippen LogP contribution < -0.4 is 4.90 Å². The van der Waals surface area contributed by atoms with Crippen molar-refractivity contribution in [3.05, 3.63) is 23.9 Å². The van der Waals surface area contributed by atoms with Crippen LogP contribution in [0.2, 0.25) is 0 Å². The second-order valence-electron chi connectivity index (χ2n) is 4.02. The lowest BCUT2D eigenvalue weighted by molar-refractivity contribution is -0.112. The number of hydrogen-bond donors (Lipinski definition) is 0. The fraction of sp³-hybridized carbons (Fsp3) is 0.455. The first-order chi connectivity index (χ1) is 6.67. The number of carbonyl (C=O) groups excluding carboxylic acids is 1. The minimum absolute atomic E-state index is 0.388. The van der Waals surface area contributed by atoms with Crippen LogP contribution >= 0.6 is 0 Å². The van der Waals surface area contributed by atoms with Crippen molar-refractivity contribution < 1.29 is 4.79 Å². The molecule has 1 aromatic rings. The van der Waals surface area contributed by atoms with Gasteiger partial charge in [-0.2, -0.15) is 0 Å². The van der Waals surface area contributed by atoms with E-state index in [-0.39, 0.29) is 5.54 Å². The summed E-state index contributed by atoms with van der Waals surface area (Å²) in [6.45, 7) is 1.96. The summed E-state index contributed by atoms with van der Waals surface area (Å²) in [5.74, 6) is 0.938. The number of aryl methyl sites for hydroxylation is 1. The maximum Gasteiger partial charge on any atom is 0.145 e. The van der Waals surface area contributed by atoms with Crippen LogP contribution in [0, 0.1) is 0 Å². The van der Waals surface area contributed by atoms with Gasteiger partial charge in [0.2, 0.25) is 0 Å². The Morgan fingerprint density at radius 2 is 2.43 bits per heavy atom. The molecule has 14 heavy (non-hydrogen) atoms. The van der Waals surface area contributed by atoms with Crippen LogP contribution in [0.5, 0.6) is 0 Å². The molecule has 0 aromatic carbocycles. The predicted molar refractivity (Wildman–Crippen MR) is 55.4 cm³/mol. The molecular weight excluding hydrogens is 176 g/mol. The minimum Gasteiger partial charge on any atom is -0.347 e. The van der Waals surface area contributed by atoms with Crippen LogP contribution in [-0.4, -0.2) is 23.9 Å². The van der Waals surface area contributed by atoms with E-state index in [1.54, 1.807) is 6.20 Å². The zero-order valence-electron chi connectivity index (χ0n) is 8.53. The average Bonchev–Trinajstić information content (AvgIpc) is 2.24. The first-order valence-corrected chi connectivity index (χ1v) is 4.81. The summed E-state index contributed by atoms with van der Waals surface area (Å²) in [5.41, 5.74) is 0.843. The van der Waals surface area contributed by atoms with Crippen molar-refractivity contribution in [2.75, 3.05) is 11.9 Å². The van der Waals surface area contributed by atoms with E-state index in [0.29, 0.717) is 0 Å². The first-order valence-electron chi connectivity index (χ1n) is 4.81. The van der Waals surface area contributed by atoms with Crippen molar-refractivity contribution in [2.45, 2.75) is 25.3 Å². The van der Waals surface area contributed by atoms with Crippen LogP contribution in [0.4, 0.5) is 5.82 Å². The molecule has 0 aliphatic carbocycles. The van der Waals surface area contributed by atoms with E-state index in [1.807, 2.05) is 24.9 Å². The number of hydrogen-bond acceptors (Lipinski definition) is 3. The largest absolute Gasteiger partial charge is 0.347 e. The Morgan fingerprint density at radius 3 is 3.14 bits per heavy atom. The SMILES string of the molecule is CN1c2ncccc2CCC1(C)C=O. The van der Waals surface area contributed by atoms with Gasteiger partial charge in [0.05, 0.1) is 5.54 Å². The normalized spacial score (nSPS) is 25.7. The Labute approximate surface area is 83.8 Å². The van der Waals surface area contributed by atoms with E-state index >= 15 is 0 Å². The molecule has 74 valence electrons. The third-order valence-electron chi connectivity index (χ3n) is 3.11. The highest BCUT2D eigenvalue weighted by Gasteiger charge is 2.34. The molecule has 0 fully saturated rings. The van der Waals surface area contributed by atoms with Crippen LogP contribution in [-0.2, 0) is 11.2 Å². The molecule has 1 aliphatic heterocycles. The molecule has 0 bridgehead atoms. The van der Waals surface area contributed by atoms with Gasteiger partial charge < -0.3 is 9.69 Å². The first kappa shape index (κ1) is 9.19. The van der Waals surface area contributed by atoms with E-state index in [0.717, 1.165) is 24.9 Å². The Balaban J connectivity index is 2.46. The highest BCUT2D eigenvalue weighted by molar-refractivity contribution is 5.72. The maximum absolute atomic E-state index is 11.0. The highest BCUT2D eigenvalue weighted by atomic mass is 16.1. The fourth-order valence-electron chi connectivity index (χ4n) is 1.86. The summed E-state index contributed by atoms with van der Waals surface area (Å²) < 4.78 is 0. The highest BCUT2D eigenvalue weighted by Crippen LogP contribution is 2.32. The molecule has 0 radical (unpaired) electrons. The van der Waals surface area contributed by atoms with Crippen molar-refractivity contribution in [2.24, 2.45) is 0 Å². The average molecular weight is 190 g/mol. The van der Waals surface area contributed by atoms with Crippen LogP contribution in [0.15, 0.2) is 18.3 Å². The van der Waals surface area contributed by atoms with E-state index in [2.05, 4.69) is 11.1 Å². The molecule has 0 spiro atoms. The summed E-state index contributed by atoms with van der Waals surface area (Å²) in [4.78, 5) is 17.3. The van der Waals surface area contributed by atoms with Crippen LogP contribution in [0.25, 0.3) is 0 Å². The molecule has 1 aliphatic rings. The smallest absolute Gasteiger partial charge is 0.145 e. The molecule has 0 saturated heterocycles. The monoisotopic (exact) mass is 190 g/mol. The van der Waals surface area contributed by atoms with Gasteiger partial charge in [-0.25, -0.2) is 4.98 Å². The summed E-state index contributed by atoms with van der Waals surface area (Å²) in [6.07, 6.45) is 4.59. The molecule has 3 nitrogen and oxygen atoms in total. The molecule has 1 aromatic heterocycles. The molecule has 1 unspecified atom stereocenters. The maximum atomic E-state index is 11.0. The quantitative estimate of drug-likeness (QED) is 0.628. The lowest BCUT2D eigenvalue weighted by atomic mass is 9.89. The second-order valence-corrected chi connectivity index (χ2v) is 4.02. The molecule has 2 heterocycles. The lowest BCUT2D eigenvalue weighted by Crippen LogP contribution is -2.49. The standard InChI is InChI=1S/C11H14N2O/c1-11(8-14)6-5-9-4-3-7-12-10(9)13(11)2/h3-4,7-8H,5-6H2,1-2H3. The number of aldehydes is 1. The van der Waals surface area contributed by atoms with Crippen molar-refractivity contribution in [1.29, 1.82) is 0 Å².